The Morgan fingerprint density at radius 1 is 0.927 bits per heavy atom. The Morgan fingerprint density at radius 3 is 2.39 bits per heavy atom. The summed E-state index contributed by atoms with van der Waals surface area (Å²) in [6.07, 6.45) is 1.92. The van der Waals surface area contributed by atoms with Gasteiger partial charge in [-0.3, -0.25) is 9.78 Å². The summed E-state index contributed by atoms with van der Waals surface area (Å²) < 4.78 is 33.5. The predicted molar refractivity (Wildman–Crippen MR) is 153 cm³/mol. The zero-order chi connectivity index (χ0) is 28.6. The molecule has 9 heteroatoms. The Hall–Kier alpha value is -5.62. The summed E-state index contributed by atoms with van der Waals surface area (Å²) in [6, 6.07) is 28.7. The number of benzene rings is 4. The Bertz CT molecular complexity index is 1810. The van der Waals surface area contributed by atoms with Crippen molar-refractivity contribution in [3.05, 3.63) is 147 Å². The maximum Gasteiger partial charge on any atom is 0.270 e. The lowest BCUT2D eigenvalue weighted by atomic mass is 10.0. The lowest BCUT2D eigenvalue weighted by Crippen LogP contribution is -2.16. The van der Waals surface area contributed by atoms with E-state index in [9.17, 15) is 18.8 Å². The Balaban J connectivity index is 1.39. The molecule has 1 heterocycles. The lowest BCUT2D eigenvalue weighted by molar-refractivity contribution is 0.303. The number of halogens is 2. The molecule has 0 amide bonds. The molecule has 5 aromatic rings. The molecule has 0 fully saturated rings. The van der Waals surface area contributed by atoms with Crippen LogP contribution in [-0.2, 0) is 13.0 Å². The van der Waals surface area contributed by atoms with Gasteiger partial charge in [0.25, 0.3) is 5.56 Å². The highest BCUT2D eigenvalue weighted by Gasteiger charge is 2.13. The van der Waals surface area contributed by atoms with Gasteiger partial charge in [0.2, 0.25) is 5.95 Å². The molecule has 202 valence electrons. The number of rotatable bonds is 9. The van der Waals surface area contributed by atoms with Gasteiger partial charge in [-0.25, -0.2) is 19.2 Å². The monoisotopic (exact) mass is 547 g/mol. The number of nitrogens with zero attached hydrogens (tertiary/aromatic N) is 3. The number of hydrazone groups is 1. The summed E-state index contributed by atoms with van der Waals surface area (Å²) in [7, 11) is 0. The maximum atomic E-state index is 13.9. The van der Waals surface area contributed by atoms with Gasteiger partial charge in [0.15, 0.2) is 0 Å². The molecule has 2 N–H and O–H groups in total. The molecule has 41 heavy (non-hydrogen) atoms. The second-order valence-corrected chi connectivity index (χ2v) is 9.08. The van der Waals surface area contributed by atoms with E-state index in [0.29, 0.717) is 28.9 Å². The molecule has 7 nitrogen and oxygen atoms in total. The minimum Gasteiger partial charge on any atom is -0.489 e. The van der Waals surface area contributed by atoms with E-state index >= 15 is 0 Å². The molecular formula is C32H23F2N5O2. The summed E-state index contributed by atoms with van der Waals surface area (Å²) in [5, 5.41) is 13.7. The number of ether oxygens (including phenoxy) is 1. The van der Waals surface area contributed by atoms with Crippen molar-refractivity contribution >= 4 is 12.2 Å². The quantitative estimate of drug-likeness (QED) is 0.169. The number of aromatic amines is 1. The highest BCUT2D eigenvalue weighted by atomic mass is 19.1. The van der Waals surface area contributed by atoms with E-state index in [2.05, 4.69) is 20.5 Å². The zero-order valence-corrected chi connectivity index (χ0v) is 21.6. The molecule has 4 aromatic carbocycles. The van der Waals surface area contributed by atoms with E-state index in [4.69, 9.17) is 4.74 Å². The van der Waals surface area contributed by atoms with Crippen LogP contribution in [0.25, 0.3) is 11.3 Å². The number of anilines is 1. The fraction of sp³-hybridized carbons (Fsp3) is 0.0625. The second-order valence-electron chi connectivity index (χ2n) is 9.08. The van der Waals surface area contributed by atoms with Crippen molar-refractivity contribution in [3.8, 4) is 23.1 Å². The van der Waals surface area contributed by atoms with Crippen molar-refractivity contribution in [3.63, 3.8) is 0 Å². The van der Waals surface area contributed by atoms with Crippen LogP contribution in [0.1, 0.15) is 27.8 Å². The first-order chi connectivity index (χ1) is 20.0. The molecular weight excluding hydrogens is 524 g/mol. The average molecular weight is 548 g/mol. The molecule has 0 atom stereocenters. The molecule has 0 bridgehead atoms. The number of nitriles is 1. The summed E-state index contributed by atoms with van der Waals surface area (Å²) in [5.41, 5.74) is 5.79. The molecule has 0 saturated heterocycles. The van der Waals surface area contributed by atoms with Crippen LogP contribution in [0.3, 0.4) is 0 Å². The van der Waals surface area contributed by atoms with Crippen molar-refractivity contribution in [1.29, 1.82) is 5.26 Å². The highest BCUT2D eigenvalue weighted by Crippen LogP contribution is 2.25. The lowest BCUT2D eigenvalue weighted by Gasteiger charge is -2.13. The van der Waals surface area contributed by atoms with Crippen molar-refractivity contribution in [2.45, 2.75) is 13.0 Å². The first kappa shape index (κ1) is 27.0. The first-order valence-electron chi connectivity index (χ1n) is 12.6. The van der Waals surface area contributed by atoms with Crippen LogP contribution in [0.4, 0.5) is 14.7 Å². The van der Waals surface area contributed by atoms with E-state index in [-0.39, 0.29) is 35.4 Å². The zero-order valence-electron chi connectivity index (χ0n) is 21.6. The smallest absolute Gasteiger partial charge is 0.270 e. The molecule has 5 rings (SSSR count). The number of nitrogens with one attached hydrogen (secondary N) is 2. The van der Waals surface area contributed by atoms with Crippen molar-refractivity contribution in [1.82, 2.24) is 9.97 Å². The summed E-state index contributed by atoms with van der Waals surface area (Å²) >= 11 is 0. The van der Waals surface area contributed by atoms with Crippen LogP contribution in [0.5, 0.6) is 5.75 Å². The molecule has 0 aliphatic rings. The van der Waals surface area contributed by atoms with Crippen LogP contribution in [0.2, 0.25) is 0 Å². The van der Waals surface area contributed by atoms with Crippen molar-refractivity contribution in [2.75, 3.05) is 5.43 Å². The normalized spacial score (nSPS) is 10.9. The fourth-order valence-electron chi connectivity index (χ4n) is 4.22. The Labute approximate surface area is 234 Å². The van der Waals surface area contributed by atoms with Gasteiger partial charge in [-0.2, -0.15) is 10.4 Å². The van der Waals surface area contributed by atoms with Crippen LogP contribution >= 0.6 is 0 Å². The van der Waals surface area contributed by atoms with Gasteiger partial charge in [-0.15, -0.1) is 0 Å². The summed E-state index contributed by atoms with van der Waals surface area (Å²) in [6.45, 7) is 0.157. The minimum atomic E-state index is -0.587. The largest absolute Gasteiger partial charge is 0.489 e. The summed E-state index contributed by atoms with van der Waals surface area (Å²) in [5.74, 6) is -0.0575. The van der Waals surface area contributed by atoms with Crippen LogP contribution < -0.4 is 15.7 Å². The van der Waals surface area contributed by atoms with E-state index < -0.39 is 5.56 Å². The van der Waals surface area contributed by atoms with Crippen molar-refractivity contribution < 1.29 is 13.5 Å². The van der Waals surface area contributed by atoms with Crippen LogP contribution in [0, 0.1) is 23.0 Å². The fourth-order valence-corrected chi connectivity index (χ4v) is 4.22. The average Bonchev–Trinajstić information content (AvgIpc) is 2.97. The first-order valence-corrected chi connectivity index (χ1v) is 12.6. The minimum absolute atomic E-state index is 0.0686. The van der Waals surface area contributed by atoms with Gasteiger partial charge in [0.1, 0.15) is 35.6 Å². The maximum absolute atomic E-state index is 13.9. The third-order valence-electron chi connectivity index (χ3n) is 6.11. The number of hydrogen-bond acceptors (Lipinski definition) is 6. The van der Waals surface area contributed by atoms with Crippen LogP contribution in [-0.4, -0.2) is 16.2 Å². The predicted octanol–water partition coefficient (Wildman–Crippen LogP) is 6.20. The highest BCUT2D eigenvalue weighted by molar-refractivity contribution is 5.81. The summed E-state index contributed by atoms with van der Waals surface area (Å²) in [4.78, 5) is 19.4. The Kier molecular flexibility index (Phi) is 8.21. The Morgan fingerprint density at radius 2 is 1.66 bits per heavy atom. The molecule has 0 spiro atoms. The van der Waals surface area contributed by atoms with E-state index in [0.717, 1.165) is 11.1 Å². The SMILES string of the molecule is N#Cc1c(-c2ccccc2)nc(NN=Cc2ccc(OCc3cccc(F)c3)c(Cc3cccc(F)c3)c2)[nH]c1=O. The molecule has 0 unspecified atom stereocenters. The molecule has 0 aliphatic heterocycles. The third kappa shape index (κ3) is 6.88. The third-order valence-corrected chi connectivity index (χ3v) is 6.11. The van der Waals surface area contributed by atoms with Gasteiger partial charge in [-0.1, -0.05) is 54.6 Å². The topological polar surface area (TPSA) is 103 Å². The number of aromatic nitrogens is 2. The van der Waals surface area contributed by atoms with Gasteiger partial charge in [0, 0.05) is 12.0 Å². The number of hydrogen-bond donors (Lipinski definition) is 2. The van der Waals surface area contributed by atoms with E-state index in [1.165, 1.54) is 30.5 Å². The van der Waals surface area contributed by atoms with Gasteiger partial charge < -0.3 is 4.74 Å². The van der Waals surface area contributed by atoms with Gasteiger partial charge in [-0.05, 0) is 64.7 Å². The van der Waals surface area contributed by atoms with Gasteiger partial charge >= 0.3 is 0 Å². The molecule has 1 aromatic heterocycles. The molecule has 0 aliphatic carbocycles. The van der Waals surface area contributed by atoms with Crippen molar-refractivity contribution in [2.24, 2.45) is 5.10 Å². The molecule has 0 radical (unpaired) electrons. The van der Waals surface area contributed by atoms with E-state index in [1.54, 1.807) is 54.6 Å². The van der Waals surface area contributed by atoms with Crippen LogP contribution in [0.15, 0.2) is 107 Å². The number of H-pyrrole nitrogens is 1. The standard InChI is InChI=1S/C32H23F2N5O2/c33-26-10-4-6-21(16-26)14-25-15-22(12-13-29(25)41-20-23-7-5-11-27(34)17-23)19-36-39-32-37-30(24-8-2-1-3-9-24)28(18-35)31(40)38-32/h1-13,15-17,19H,14,20H2,(H2,37,38,39,40). The molecule has 0 saturated carbocycles. The van der Waals surface area contributed by atoms with Gasteiger partial charge in [0.05, 0.1) is 11.9 Å². The second kappa shape index (κ2) is 12.5. The van der Waals surface area contributed by atoms with E-state index in [1.807, 2.05) is 24.3 Å².